The van der Waals surface area contributed by atoms with Crippen LogP contribution in [0.15, 0.2) is 0 Å². The maximum absolute atomic E-state index is 3.93. The summed E-state index contributed by atoms with van der Waals surface area (Å²) in [5.74, 6) is 3.35. The Hall–Kier alpha value is -0.0800. The molecule has 0 radical (unpaired) electrons. The van der Waals surface area contributed by atoms with Crippen LogP contribution < -0.4 is 10.6 Å². The van der Waals surface area contributed by atoms with E-state index < -0.39 is 0 Å². The Morgan fingerprint density at radius 3 is 1.47 bits per heavy atom. The molecule has 1 saturated carbocycles. The van der Waals surface area contributed by atoms with Gasteiger partial charge in [0.25, 0.3) is 0 Å². The molecule has 1 aliphatic carbocycles. The SMILES string of the molecule is CCC(CC)(C1CCC(C(C)(C)C2CC(C)(C)NC(C)(C)C2)CC1)C1C(C)(C)CNCC1(C)C. The molecule has 0 aromatic heterocycles. The minimum Gasteiger partial charge on any atom is -0.316 e. The van der Waals surface area contributed by atoms with Crippen LogP contribution in [0, 0.1) is 45.3 Å². The summed E-state index contributed by atoms with van der Waals surface area (Å²) in [6, 6.07) is 0. The summed E-state index contributed by atoms with van der Waals surface area (Å²) in [4.78, 5) is 0. The molecule has 2 heteroatoms. The zero-order valence-electron chi connectivity index (χ0n) is 25.4. The number of hydrogen-bond donors (Lipinski definition) is 2. The van der Waals surface area contributed by atoms with Crippen molar-refractivity contribution in [3.8, 4) is 0 Å². The van der Waals surface area contributed by atoms with Crippen LogP contribution in [-0.2, 0) is 0 Å². The molecular weight excluding hydrogens is 412 g/mol. The molecular formula is C32H62N2. The average molecular weight is 475 g/mol. The van der Waals surface area contributed by atoms with Gasteiger partial charge in [-0.25, -0.2) is 0 Å². The van der Waals surface area contributed by atoms with Crippen molar-refractivity contribution < 1.29 is 0 Å². The van der Waals surface area contributed by atoms with Crippen LogP contribution in [0.1, 0.15) is 134 Å². The van der Waals surface area contributed by atoms with Gasteiger partial charge >= 0.3 is 0 Å². The van der Waals surface area contributed by atoms with Gasteiger partial charge < -0.3 is 10.6 Å². The van der Waals surface area contributed by atoms with E-state index in [1.807, 2.05) is 0 Å². The van der Waals surface area contributed by atoms with Crippen molar-refractivity contribution >= 4 is 0 Å². The highest BCUT2D eigenvalue weighted by Gasteiger charge is 2.57. The molecule has 3 aliphatic rings. The van der Waals surface area contributed by atoms with Crippen LogP contribution in [0.2, 0.25) is 0 Å². The van der Waals surface area contributed by atoms with Crippen molar-refractivity contribution in [3.05, 3.63) is 0 Å². The molecule has 0 amide bonds. The lowest BCUT2D eigenvalue weighted by atomic mass is 9.45. The Bertz CT molecular complexity index is 654. The molecule has 34 heavy (non-hydrogen) atoms. The summed E-state index contributed by atoms with van der Waals surface area (Å²) in [5, 5.41) is 7.72. The highest BCUT2D eigenvalue weighted by Crippen LogP contribution is 2.62. The lowest BCUT2D eigenvalue weighted by molar-refractivity contribution is -0.118. The molecule has 3 fully saturated rings. The number of hydrogen-bond acceptors (Lipinski definition) is 2. The molecule has 0 spiro atoms. The second-order valence-corrected chi connectivity index (χ2v) is 16.3. The average Bonchev–Trinajstić information content (AvgIpc) is 2.68. The van der Waals surface area contributed by atoms with Crippen molar-refractivity contribution in [1.29, 1.82) is 0 Å². The largest absolute Gasteiger partial charge is 0.316 e. The zero-order chi connectivity index (χ0) is 25.8. The Morgan fingerprint density at radius 2 is 1.06 bits per heavy atom. The standard InChI is InChI=1S/C32H62N2/c1-13-32(14-2,26-27(3,4)21-33-22-28(26,5)6)24-17-15-23(16-18-24)31(11,12)25-19-29(7,8)34-30(9,10)20-25/h23-26,33-34H,13-22H2,1-12H3. The smallest absolute Gasteiger partial charge is 0.0132 e. The second kappa shape index (κ2) is 9.34. The van der Waals surface area contributed by atoms with Gasteiger partial charge in [0.05, 0.1) is 0 Å². The maximum Gasteiger partial charge on any atom is 0.0132 e. The van der Waals surface area contributed by atoms with Crippen LogP contribution in [-0.4, -0.2) is 24.2 Å². The van der Waals surface area contributed by atoms with Gasteiger partial charge in [-0.1, -0.05) is 55.4 Å². The molecule has 0 atom stereocenters. The number of nitrogens with one attached hydrogen (secondary N) is 2. The van der Waals surface area contributed by atoms with E-state index in [1.165, 1.54) is 64.5 Å². The molecule has 3 rings (SSSR count). The number of piperidine rings is 2. The summed E-state index contributed by atoms with van der Waals surface area (Å²) in [6.45, 7) is 32.6. The van der Waals surface area contributed by atoms with E-state index in [0.29, 0.717) is 21.7 Å². The van der Waals surface area contributed by atoms with Crippen molar-refractivity contribution in [1.82, 2.24) is 10.6 Å². The highest BCUT2D eigenvalue weighted by atomic mass is 15.0. The molecule has 0 unspecified atom stereocenters. The highest BCUT2D eigenvalue weighted by molar-refractivity contribution is 5.08. The fraction of sp³-hybridized carbons (Fsp3) is 1.00. The molecule has 2 saturated heterocycles. The summed E-state index contributed by atoms with van der Waals surface area (Å²) in [6.07, 6.45) is 11.1. The fourth-order valence-corrected chi connectivity index (χ4v) is 10.6. The normalized spacial score (nSPS) is 32.5. The molecule has 2 N–H and O–H groups in total. The predicted molar refractivity (Wildman–Crippen MR) is 150 cm³/mol. The third-order valence-corrected chi connectivity index (χ3v) is 11.5. The molecule has 200 valence electrons. The fourth-order valence-electron chi connectivity index (χ4n) is 10.6. The van der Waals surface area contributed by atoms with Gasteiger partial charge in [0, 0.05) is 24.2 Å². The monoisotopic (exact) mass is 474 g/mol. The third kappa shape index (κ3) is 5.29. The lowest BCUT2D eigenvalue weighted by Crippen LogP contribution is -2.61. The summed E-state index contributed by atoms with van der Waals surface area (Å²) in [5.41, 5.74) is 2.10. The molecule has 0 bridgehead atoms. The summed E-state index contributed by atoms with van der Waals surface area (Å²) >= 11 is 0. The summed E-state index contributed by atoms with van der Waals surface area (Å²) in [7, 11) is 0. The van der Waals surface area contributed by atoms with Gasteiger partial charge in [0.15, 0.2) is 0 Å². The first-order chi connectivity index (χ1) is 15.4. The maximum atomic E-state index is 3.93. The van der Waals surface area contributed by atoms with Crippen LogP contribution in [0.3, 0.4) is 0 Å². The van der Waals surface area contributed by atoms with Crippen molar-refractivity contribution in [2.45, 2.75) is 146 Å². The van der Waals surface area contributed by atoms with Crippen molar-refractivity contribution in [2.75, 3.05) is 13.1 Å². The minimum atomic E-state index is 0.243. The zero-order valence-corrected chi connectivity index (χ0v) is 25.4. The molecule has 2 aliphatic heterocycles. The van der Waals surface area contributed by atoms with Gasteiger partial charge in [0.1, 0.15) is 0 Å². The van der Waals surface area contributed by atoms with Crippen LogP contribution >= 0.6 is 0 Å². The van der Waals surface area contributed by atoms with Crippen molar-refractivity contribution in [2.24, 2.45) is 45.3 Å². The van der Waals surface area contributed by atoms with E-state index in [-0.39, 0.29) is 11.1 Å². The third-order valence-electron chi connectivity index (χ3n) is 11.5. The van der Waals surface area contributed by atoms with E-state index in [2.05, 4.69) is 93.7 Å². The van der Waals surface area contributed by atoms with E-state index in [1.54, 1.807) is 0 Å². The quantitative estimate of drug-likeness (QED) is 0.403. The minimum absolute atomic E-state index is 0.243. The Morgan fingerprint density at radius 1 is 0.647 bits per heavy atom. The Balaban J connectivity index is 1.80. The second-order valence-electron chi connectivity index (χ2n) is 16.3. The van der Waals surface area contributed by atoms with Gasteiger partial charge in [-0.05, 0) is 124 Å². The topological polar surface area (TPSA) is 24.1 Å². The van der Waals surface area contributed by atoms with E-state index in [4.69, 9.17) is 0 Å². The molecule has 0 aromatic carbocycles. The van der Waals surface area contributed by atoms with E-state index >= 15 is 0 Å². The molecule has 2 nitrogen and oxygen atoms in total. The Kier molecular flexibility index (Phi) is 7.83. The predicted octanol–water partition coefficient (Wildman–Crippen LogP) is 8.45. The van der Waals surface area contributed by atoms with Crippen LogP contribution in [0.25, 0.3) is 0 Å². The lowest BCUT2D eigenvalue weighted by Gasteiger charge is -2.62. The van der Waals surface area contributed by atoms with E-state index in [0.717, 1.165) is 23.7 Å². The van der Waals surface area contributed by atoms with Gasteiger partial charge in [-0.15, -0.1) is 0 Å². The van der Waals surface area contributed by atoms with Gasteiger partial charge in [-0.2, -0.15) is 0 Å². The van der Waals surface area contributed by atoms with Gasteiger partial charge in [-0.3, -0.25) is 0 Å². The van der Waals surface area contributed by atoms with Crippen LogP contribution in [0.5, 0.6) is 0 Å². The molecule has 0 aromatic rings. The van der Waals surface area contributed by atoms with E-state index in [9.17, 15) is 0 Å². The first-order valence-corrected chi connectivity index (χ1v) is 14.9. The van der Waals surface area contributed by atoms with Gasteiger partial charge in [0.2, 0.25) is 0 Å². The number of rotatable bonds is 6. The van der Waals surface area contributed by atoms with Crippen LogP contribution in [0.4, 0.5) is 0 Å². The Labute approximate surface area is 214 Å². The first kappa shape index (κ1) is 28.5. The van der Waals surface area contributed by atoms with Crippen molar-refractivity contribution in [3.63, 3.8) is 0 Å². The molecule has 2 heterocycles. The summed E-state index contributed by atoms with van der Waals surface area (Å²) < 4.78 is 0. The first-order valence-electron chi connectivity index (χ1n) is 14.9.